The Morgan fingerprint density at radius 3 is 2.53 bits per heavy atom. The summed E-state index contributed by atoms with van der Waals surface area (Å²) in [6.07, 6.45) is -0.498. The zero-order valence-corrected chi connectivity index (χ0v) is 11.7. The van der Waals surface area contributed by atoms with Crippen LogP contribution in [0.4, 0.5) is 10.5 Å². The standard InChI is InChI=1S/C12H18N2O4S/c1-9-3-5-11(6-4-9)14(19(16)17)10(2)7-8-18-12(13)15/h3-6,10H,7-8H2,1-2H3,(H2,13,15)(H,16,17)/p-1. The Balaban J connectivity index is 2.74. The van der Waals surface area contributed by atoms with E-state index in [0.29, 0.717) is 12.1 Å². The van der Waals surface area contributed by atoms with Crippen molar-refractivity contribution in [3.63, 3.8) is 0 Å². The minimum absolute atomic E-state index is 0.0794. The number of nitrogens with zero attached hydrogens (tertiary/aromatic N) is 1. The lowest BCUT2D eigenvalue weighted by Crippen LogP contribution is -2.35. The van der Waals surface area contributed by atoms with Crippen LogP contribution in [0, 0.1) is 6.92 Å². The fourth-order valence-electron chi connectivity index (χ4n) is 1.63. The molecule has 1 aromatic carbocycles. The first-order valence-electron chi connectivity index (χ1n) is 5.79. The molecule has 1 amide bonds. The summed E-state index contributed by atoms with van der Waals surface area (Å²) >= 11 is -2.39. The first-order chi connectivity index (χ1) is 8.91. The first kappa shape index (κ1) is 15.5. The molecule has 6 nitrogen and oxygen atoms in total. The van der Waals surface area contributed by atoms with Gasteiger partial charge in [-0.15, -0.1) is 0 Å². The highest BCUT2D eigenvalue weighted by Gasteiger charge is 2.15. The molecular formula is C12H17N2O4S-. The van der Waals surface area contributed by atoms with Gasteiger partial charge in [0, 0.05) is 29.4 Å². The third kappa shape index (κ3) is 4.88. The summed E-state index contributed by atoms with van der Waals surface area (Å²) in [7, 11) is 0. The van der Waals surface area contributed by atoms with Crippen molar-refractivity contribution < 1.29 is 18.3 Å². The number of amides is 1. The number of hydrogen-bond acceptors (Lipinski definition) is 4. The van der Waals surface area contributed by atoms with Gasteiger partial charge in [-0.2, -0.15) is 0 Å². The van der Waals surface area contributed by atoms with Crippen LogP contribution in [0.15, 0.2) is 24.3 Å². The molecule has 0 aliphatic heterocycles. The third-order valence-corrected chi connectivity index (χ3v) is 3.52. The molecule has 0 saturated carbocycles. The summed E-state index contributed by atoms with van der Waals surface area (Å²) in [6, 6.07) is 6.80. The third-order valence-electron chi connectivity index (χ3n) is 2.63. The van der Waals surface area contributed by atoms with E-state index in [1.165, 1.54) is 4.31 Å². The second-order valence-electron chi connectivity index (χ2n) is 4.18. The van der Waals surface area contributed by atoms with Crippen LogP contribution in [0.1, 0.15) is 18.9 Å². The van der Waals surface area contributed by atoms with Crippen molar-refractivity contribution in [2.75, 3.05) is 10.9 Å². The molecule has 0 aromatic heterocycles. The quantitative estimate of drug-likeness (QED) is 0.800. The van der Waals surface area contributed by atoms with E-state index in [2.05, 4.69) is 4.74 Å². The second-order valence-corrected chi connectivity index (χ2v) is 5.01. The maximum atomic E-state index is 11.3. The van der Waals surface area contributed by atoms with Crippen LogP contribution in [0.25, 0.3) is 0 Å². The first-order valence-corrected chi connectivity index (χ1v) is 6.82. The summed E-state index contributed by atoms with van der Waals surface area (Å²) < 4.78 is 28.5. The monoisotopic (exact) mass is 285 g/mol. The molecule has 2 N–H and O–H groups in total. The molecule has 0 saturated heterocycles. The van der Waals surface area contributed by atoms with Gasteiger partial charge in [-0.25, -0.2) is 4.79 Å². The smallest absolute Gasteiger partial charge is 0.404 e. The van der Waals surface area contributed by atoms with E-state index in [1.807, 2.05) is 19.1 Å². The Morgan fingerprint density at radius 1 is 1.47 bits per heavy atom. The van der Waals surface area contributed by atoms with Gasteiger partial charge in [0.15, 0.2) is 0 Å². The summed E-state index contributed by atoms with van der Waals surface area (Å²) in [4.78, 5) is 10.5. The van der Waals surface area contributed by atoms with Gasteiger partial charge in [0.05, 0.1) is 6.61 Å². The molecule has 0 aliphatic rings. The zero-order valence-electron chi connectivity index (χ0n) is 10.9. The molecule has 0 aliphatic carbocycles. The highest BCUT2D eigenvalue weighted by molar-refractivity contribution is 7.80. The molecule has 2 atom stereocenters. The van der Waals surface area contributed by atoms with E-state index in [4.69, 9.17) is 5.73 Å². The van der Waals surface area contributed by atoms with Crippen molar-refractivity contribution in [3.05, 3.63) is 29.8 Å². The molecule has 1 rings (SSSR count). The Labute approximate surface area is 115 Å². The number of rotatable bonds is 6. The molecule has 106 valence electrons. The number of ether oxygens (including phenoxy) is 1. The normalized spacial score (nSPS) is 13.6. The molecule has 0 radical (unpaired) electrons. The zero-order chi connectivity index (χ0) is 14.4. The van der Waals surface area contributed by atoms with E-state index in [1.54, 1.807) is 19.1 Å². The Morgan fingerprint density at radius 2 is 2.05 bits per heavy atom. The maximum Gasteiger partial charge on any atom is 0.404 e. The minimum atomic E-state index is -2.39. The molecular weight excluding hydrogens is 268 g/mol. The Kier molecular flexibility index (Phi) is 5.78. The maximum absolute atomic E-state index is 11.3. The summed E-state index contributed by atoms with van der Waals surface area (Å²) in [5.41, 5.74) is 6.47. The lowest BCUT2D eigenvalue weighted by Gasteiger charge is -2.32. The van der Waals surface area contributed by atoms with Crippen LogP contribution in [0.5, 0.6) is 0 Å². The van der Waals surface area contributed by atoms with Crippen LogP contribution in [0.2, 0.25) is 0 Å². The largest absolute Gasteiger partial charge is 0.755 e. The Bertz CT molecular complexity index is 450. The van der Waals surface area contributed by atoms with E-state index in [0.717, 1.165) is 5.56 Å². The lowest BCUT2D eigenvalue weighted by molar-refractivity contribution is 0.153. The fourth-order valence-corrected chi connectivity index (χ4v) is 2.32. The van der Waals surface area contributed by atoms with Gasteiger partial charge in [-0.1, -0.05) is 17.7 Å². The van der Waals surface area contributed by atoms with Gasteiger partial charge >= 0.3 is 6.09 Å². The predicted octanol–water partition coefficient (Wildman–Crippen LogP) is 1.47. The molecule has 0 spiro atoms. The number of carbonyl (C=O) groups excluding carboxylic acids is 1. The van der Waals surface area contributed by atoms with Crippen LogP contribution in [0.3, 0.4) is 0 Å². The van der Waals surface area contributed by atoms with Crippen molar-refractivity contribution in [2.45, 2.75) is 26.3 Å². The molecule has 1 aromatic rings. The van der Waals surface area contributed by atoms with Gasteiger partial charge in [0.2, 0.25) is 0 Å². The molecule has 0 fully saturated rings. The predicted molar refractivity (Wildman–Crippen MR) is 72.2 cm³/mol. The van der Waals surface area contributed by atoms with Crippen LogP contribution >= 0.6 is 0 Å². The molecule has 7 heteroatoms. The summed E-state index contributed by atoms with van der Waals surface area (Å²) in [5, 5.41) is 0. The van der Waals surface area contributed by atoms with Crippen LogP contribution < -0.4 is 10.0 Å². The van der Waals surface area contributed by atoms with E-state index in [9.17, 15) is 13.6 Å². The van der Waals surface area contributed by atoms with Crippen molar-refractivity contribution in [2.24, 2.45) is 5.73 Å². The van der Waals surface area contributed by atoms with Gasteiger partial charge in [0.1, 0.15) is 0 Å². The van der Waals surface area contributed by atoms with Gasteiger partial charge in [-0.3, -0.25) is 8.51 Å². The average molecular weight is 285 g/mol. The Hall–Kier alpha value is -1.60. The van der Waals surface area contributed by atoms with Crippen molar-refractivity contribution in [1.82, 2.24) is 0 Å². The summed E-state index contributed by atoms with van der Waals surface area (Å²) in [5.74, 6) is 0. The van der Waals surface area contributed by atoms with E-state index >= 15 is 0 Å². The molecule has 2 unspecified atom stereocenters. The van der Waals surface area contributed by atoms with Gasteiger partial charge in [-0.05, 0) is 26.0 Å². The average Bonchev–Trinajstić information content (AvgIpc) is 2.31. The highest BCUT2D eigenvalue weighted by Crippen LogP contribution is 2.20. The van der Waals surface area contributed by atoms with Gasteiger partial charge < -0.3 is 15.0 Å². The van der Waals surface area contributed by atoms with Crippen molar-refractivity contribution >= 4 is 23.0 Å². The fraction of sp³-hybridized carbons (Fsp3) is 0.417. The SMILES string of the molecule is Cc1ccc(N(C(C)CCOC(N)=O)S(=O)[O-])cc1. The number of carbonyl (C=O) groups is 1. The number of hydrogen-bond donors (Lipinski definition) is 1. The number of primary amides is 1. The van der Waals surface area contributed by atoms with Gasteiger partial charge in [0.25, 0.3) is 0 Å². The van der Waals surface area contributed by atoms with E-state index in [-0.39, 0.29) is 12.6 Å². The molecule has 0 heterocycles. The minimum Gasteiger partial charge on any atom is -0.755 e. The van der Waals surface area contributed by atoms with E-state index < -0.39 is 17.4 Å². The number of aryl methyl sites for hydroxylation is 1. The number of anilines is 1. The topological polar surface area (TPSA) is 95.7 Å². The van der Waals surface area contributed by atoms with Crippen molar-refractivity contribution in [3.8, 4) is 0 Å². The molecule has 0 bridgehead atoms. The lowest BCUT2D eigenvalue weighted by atomic mass is 10.2. The second kappa shape index (κ2) is 7.10. The van der Waals surface area contributed by atoms with Crippen LogP contribution in [-0.2, 0) is 16.0 Å². The number of benzene rings is 1. The molecule has 19 heavy (non-hydrogen) atoms. The highest BCUT2D eigenvalue weighted by atomic mass is 32.2. The van der Waals surface area contributed by atoms with Crippen molar-refractivity contribution in [1.29, 1.82) is 0 Å². The summed E-state index contributed by atoms with van der Waals surface area (Å²) in [6.45, 7) is 3.74. The number of nitrogens with two attached hydrogens (primary N) is 1. The van der Waals surface area contributed by atoms with Crippen LogP contribution in [-0.4, -0.2) is 27.5 Å².